The van der Waals surface area contributed by atoms with Gasteiger partial charge < -0.3 is 14.7 Å². The van der Waals surface area contributed by atoms with Crippen LogP contribution in [-0.2, 0) is 4.74 Å². The summed E-state index contributed by atoms with van der Waals surface area (Å²) in [6.07, 6.45) is 9.45. The minimum atomic E-state index is -0.457. The minimum Gasteiger partial charge on any atom is -0.444 e. The molecule has 1 saturated carbocycles. The van der Waals surface area contributed by atoms with Crippen molar-refractivity contribution < 1.29 is 14.6 Å². The van der Waals surface area contributed by atoms with Gasteiger partial charge in [0.15, 0.2) is 0 Å². The van der Waals surface area contributed by atoms with Crippen LogP contribution in [0.25, 0.3) is 0 Å². The summed E-state index contributed by atoms with van der Waals surface area (Å²) in [5.41, 5.74) is -0.457. The standard InChI is InChI=1S/C18H33NO3/c1-18(2,3)22-17(21)19-12-8-7-11-15(19)13-16(20)14-9-5-4-6-10-14/h14-16,20H,4-13H2,1-3H3. The van der Waals surface area contributed by atoms with Crippen molar-refractivity contribution in [3.8, 4) is 0 Å². The lowest BCUT2D eigenvalue weighted by Crippen LogP contribution is -2.48. The Morgan fingerprint density at radius 2 is 1.77 bits per heavy atom. The van der Waals surface area contributed by atoms with Crippen molar-refractivity contribution in [1.29, 1.82) is 0 Å². The molecule has 1 saturated heterocycles. The predicted octanol–water partition coefficient (Wildman–Crippen LogP) is 4.11. The molecular weight excluding hydrogens is 278 g/mol. The predicted molar refractivity (Wildman–Crippen MR) is 87.8 cm³/mol. The first-order valence-corrected chi connectivity index (χ1v) is 9.04. The zero-order chi connectivity index (χ0) is 16.2. The molecule has 0 aromatic heterocycles. The smallest absolute Gasteiger partial charge is 0.410 e. The normalized spacial score (nSPS) is 25.8. The van der Waals surface area contributed by atoms with Crippen molar-refractivity contribution in [2.75, 3.05) is 6.54 Å². The van der Waals surface area contributed by atoms with Gasteiger partial charge in [-0.2, -0.15) is 0 Å². The van der Waals surface area contributed by atoms with Crippen LogP contribution in [0.15, 0.2) is 0 Å². The molecule has 1 N–H and O–H groups in total. The van der Waals surface area contributed by atoms with Gasteiger partial charge in [-0.1, -0.05) is 19.3 Å². The van der Waals surface area contributed by atoms with E-state index >= 15 is 0 Å². The number of nitrogens with zero attached hydrogens (tertiary/aromatic N) is 1. The average Bonchev–Trinajstić information content (AvgIpc) is 2.47. The Balaban J connectivity index is 1.92. The van der Waals surface area contributed by atoms with Crippen molar-refractivity contribution in [2.45, 2.75) is 96.3 Å². The van der Waals surface area contributed by atoms with Crippen LogP contribution < -0.4 is 0 Å². The molecule has 128 valence electrons. The van der Waals surface area contributed by atoms with E-state index in [1.54, 1.807) is 0 Å². The second-order valence-corrected chi connectivity index (χ2v) is 8.02. The van der Waals surface area contributed by atoms with E-state index < -0.39 is 5.60 Å². The highest BCUT2D eigenvalue weighted by atomic mass is 16.6. The Morgan fingerprint density at radius 1 is 1.14 bits per heavy atom. The van der Waals surface area contributed by atoms with Gasteiger partial charge in [0.1, 0.15) is 5.60 Å². The van der Waals surface area contributed by atoms with E-state index in [1.165, 1.54) is 19.3 Å². The molecule has 2 aliphatic rings. The maximum atomic E-state index is 12.4. The molecule has 1 aliphatic carbocycles. The van der Waals surface area contributed by atoms with Gasteiger partial charge in [-0.15, -0.1) is 0 Å². The van der Waals surface area contributed by atoms with Gasteiger partial charge in [-0.05, 0) is 65.2 Å². The summed E-state index contributed by atoms with van der Waals surface area (Å²) in [4.78, 5) is 14.3. The molecule has 2 atom stereocenters. The van der Waals surface area contributed by atoms with Gasteiger partial charge in [0.2, 0.25) is 0 Å². The van der Waals surface area contributed by atoms with Crippen molar-refractivity contribution in [1.82, 2.24) is 4.90 Å². The maximum absolute atomic E-state index is 12.4. The number of carbonyl (C=O) groups excluding carboxylic acids is 1. The third-order valence-electron chi connectivity index (χ3n) is 4.96. The first kappa shape index (κ1) is 17.6. The van der Waals surface area contributed by atoms with E-state index in [-0.39, 0.29) is 18.2 Å². The topological polar surface area (TPSA) is 49.8 Å². The molecule has 1 amide bonds. The molecule has 4 nitrogen and oxygen atoms in total. The van der Waals surface area contributed by atoms with Gasteiger partial charge >= 0.3 is 6.09 Å². The quantitative estimate of drug-likeness (QED) is 0.853. The highest BCUT2D eigenvalue weighted by Crippen LogP contribution is 2.31. The van der Waals surface area contributed by atoms with E-state index in [4.69, 9.17) is 4.74 Å². The lowest BCUT2D eigenvalue weighted by atomic mass is 9.82. The molecular formula is C18H33NO3. The van der Waals surface area contributed by atoms with Crippen molar-refractivity contribution in [2.24, 2.45) is 5.92 Å². The molecule has 0 spiro atoms. The molecule has 22 heavy (non-hydrogen) atoms. The number of ether oxygens (including phenoxy) is 1. The van der Waals surface area contributed by atoms with Gasteiger partial charge in [0.25, 0.3) is 0 Å². The number of rotatable bonds is 3. The summed E-state index contributed by atoms with van der Waals surface area (Å²) in [6, 6.07) is 0.139. The van der Waals surface area contributed by atoms with Crippen molar-refractivity contribution in [3.63, 3.8) is 0 Å². The molecule has 0 aromatic rings. The molecule has 2 rings (SSSR count). The van der Waals surface area contributed by atoms with E-state index in [2.05, 4.69) is 0 Å². The van der Waals surface area contributed by atoms with E-state index in [1.807, 2.05) is 25.7 Å². The van der Waals surface area contributed by atoms with Crippen LogP contribution >= 0.6 is 0 Å². The number of likely N-dealkylation sites (tertiary alicyclic amines) is 1. The minimum absolute atomic E-state index is 0.139. The number of hydrogen-bond donors (Lipinski definition) is 1. The molecule has 1 aliphatic heterocycles. The second kappa shape index (κ2) is 7.67. The fraction of sp³-hybridized carbons (Fsp3) is 0.944. The molecule has 4 heteroatoms. The second-order valence-electron chi connectivity index (χ2n) is 8.02. The summed E-state index contributed by atoms with van der Waals surface area (Å²) in [5.74, 6) is 0.427. The van der Waals surface area contributed by atoms with Gasteiger partial charge in [0.05, 0.1) is 6.10 Å². The van der Waals surface area contributed by atoms with Gasteiger partial charge in [0, 0.05) is 12.6 Å². The van der Waals surface area contributed by atoms with Crippen LogP contribution in [0.3, 0.4) is 0 Å². The highest BCUT2D eigenvalue weighted by Gasteiger charge is 2.33. The van der Waals surface area contributed by atoms with Gasteiger partial charge in [-0.3, -0.25) is 0 Å². The summed E-state index contributed by atoms with van der Waals surface area (Å²) < 4.78 is 5.54. The molecule has 0 radical (unpaired) electrons. The third kappa shape index (κ3) is 5.15. The Bertz CT molecular complexity index is 358. The number of aliphatic hydroxyl groups excluding tert-OH is 1. The van der Waals surface area contributed by atoms with Crippen molar-refractivity contribution >= 4 is 6.09 Å². The number of amides is 1. The van der Waals surface area contributed by atoms with Crippen LogP contribution in [0, 0.1) is 5.92 Å². The fourth-order valence-electron chi connectivity index (χ4n) is 3.80. The molecule has 0 aromatic carbocycles. The summed E-state index contributed by atoms with van der Waals surface area (Å²) >= 11 is 0. The Kier molecular flexibility index (Phi) is 6.13. The third-order valence-corrected chi connectivity index (χ3v) is 4.96. The number of aliphatic hydroxyl groups is 1. The summed E-state index contributed by atoms with van der Waals surface area (Å²) in [7, 11) is 0. The first-order chi connectivity index (χ1) is 10.4. The van der Waals surface area contributed by atoms with Crippen LogP contribution in [0.5, 0.6) is 0 Å². The molecule has 0 bridgehead atoms. The van der Waals surface area contributed by atoms with Gasteiger partial charge in [-0.25, -0.2) is 4.79 Å². The van der Waals surface area contributed by atoms with Crippen LogP contribution in [0.4, 0.5) is 4.79 Å². The average molecular weight is 311 g/mol. The van der Waals surface area contributed by atoms with Crippen LogP contribution in [0.2, 0.25) is 0 Å². The lowest BCUT2D eigenvalue weighted by Gasteiger charge is -2.39. The molecule has 2 fully saturated rings. The molecule has 2 unspecified atom stereocenters. The Labute approximate surface area is 135 Å². The number of hydrogen-bond acceptors (Lipinski definition) is 3. The summed E-state index contributed by atoms with van der Waals surface area (Å²) in [5, 5.41) is 10.6. The monoisotopic (exact) mass is 311 g/mol. The molecule has 1 heterocycles. The zero-order valence-electron chi connectivity index (χ0n) is 14.5. The fourth-order valence-corrected chi connectivity index (χ4v) is 3.80. The Morgan fingerprint density at radius 3 is 2.41 bits per heavy atom. The summed E-state index contributed by atoms with van der Waals surface area (Å²) in [6.45, 7) is 6.47. The SMILES string of the molecule is CC(C)(C)OC(=O)N1CCCCC1CC(O)C1CCCCC1. The largest absolute Gasteiger partial charge is 0.444 e. The van der Waals surface area contributed by atoms with Crippen LogP contribution in [-0.4, -0.2) is 40.4 Å². The maximum Gasteiger partial charge on any atom is 0.410 e. The Hall–Kier alpha value is -0.770. The zero-order valence-corrected chi connectivity index (χ0v) is 14.5. The van der Waals surface area contributed by atoms with Crippen molar-refractivity contribution in [3.05, 3.63) is 0 Å². The van der Waals surface area contributed by atoms with Crippen LogP contribution in [0.1, 0.15) is 78.6 Å². The number of piperidine rings is 1. The van der Waals surface area contributed by atoms with E-state index in [0.29, 0.717) is 12.3 Å². The highest BCUT2D eigenvalue weighted by molar-refractivity contribution is 5.68. The number of carbonyl (C=O) groups is 1. The van der Waals surface area contributed by atoms with E-state index in [9.17, 15) is 9.90 Å². The first-order valence-electron chi connectivity index (χ1n) is 9.04. The van der Waals surface area contributed by atoms with E-state index in [0.717, 1.165) is 38.6 Å². The lowest BCUT2D eigenvalue weighted by molar-refractivity contribution is -0.00493.